The Hall–Kier alpha value is -2.54. The lowest BCUT2D eigenvalue weighted by Gasteiger charge is -2.14. The van der Waals surface area contributed by atoms with E-state index in [2.05, 4.69) is 48.5 Å². The molecule has 0 amide bonds. The second-order valence-corrected chi connectivity index (χ2v) is 5.68. The highest BCUT2D eigenvalue weighted by atomic mass is 16.5. The maximum Gasteiger partial charge on any atom is 0.119 e. The van der Waals surface area contributed by atoms with Gasteiger partial charge in [0, 0.05) is 5.92 Å². The molecular weight excluding hydrogens is 268 g/mol. The summed E-state index contributed by atoms with van der Waals surface area (Å²) in [5.74, 6) is 1.39. The number of para-hydroxylation sites is 1. The topological polar surface area (TPSA) is 9.23 Å². The zero-order valence-electron chi connectivity index (χ0n) is 12.4. The molecule has 0 bridgehead atoms. The van der Waals surface area contributed by atoms with Crippen LogP contribution in [0.25, 0.3) is 11.1 Å². The molecule has 4 rings (SSSR count). The summed E-state index contributed by atoms with van der Waals surface area (Å²) in [5.41, 5.74) is 5.62. The van der Waals surface area contributed by atoms with E-state index in [0.717, 1.165) is 18.8 Å². The van der Waals surface area contributed by atoms with Crippen LogP contribution in [0.4, 0.5) is 0 Å². The van der Waals surface area contributed by atoms with Gasteiger partial charge in [0.2, 0.25) is 0 Å². The van der Waals surface area contributed by atoms with Crippen molar-refractivity contribution < 1.29 is 4.74 Å². The van der Waals surface area contributed by atoms with E-state index < -0.39 is 0 Å². The lowest BCUT2D eigenvalue weighted by atomic mass is 9.94. The van der Waals surface area contributed by atoms with E-state index in [1.165, 1.54) is 22.3 Å². The van der Waals surface area contributed by atoms with E-state index in [1.54, 1.807) is 0 Å². The molecule has 22 heavy (non-hydrogen) atoms. The first-order chi connectivity index (χ1) is 10.9. The van der Waals surface area contributed by atoms with Crippen LogP contribution in [0, 0.1) is 0 Å². The van der Waals surface area contributed by atoms with Gasteiger partial charge in [-0.2, -0.15) is 0 Å². The SMILES string of the molecule is c1ccc(OCCC2c3ccccc3-c3ccccc32)cc1. The van der Waals surface area contributed by atoms with Crippen LogP contribution < -0.4 is 4.74 Å². The van der Waals surface area contributed by atoms with Crippen molar-refractivity contribution in [1.82, 2.24) is 0 Å². The van der Waals surface area contributed by atoms with Gasteiger partial charge in [-0.3, -0.25) is 0 Å². The molecule has 1 heteroatoms. The average molecular weight is 286 g/mol. The fraction of sp³-hybridized carbons (Fsp3) is 0.143. The van der Waals surface area contributed by atoms with Crippen molar-refractivity contribution in [2.24, 2.45) is 0 Å². The summed E-state index contributed by atoms with van der Waals surface area (Å²) in [6.07, 6.45) is 1.00. The van der Waals surface area contributed by atoms with Crippen LogP contribution in [0.1, 0.15) is 23.5 Å². The molecule has 0 atom stereocenters. The van der Waals surface area contributed by atoms with E-state index >= 15 is 0 Å². The minimum Gasteiger partial charge on any atom is -0.494 e. The van der Waals surface area contributed by atoms with Gasteiger partial charge in [-0.25, -0.2) is 0 Å². The first-order valence-corrected chi connectivity index (χ1v) is 7.79. The molecule has 0 saturated heterocycles. The first kappa shape index (κ1) is 13.1. The van der Waals surface area contributed by atoms with E-state index in [1.807, 2.05) is 30.3 Å². The third kappa shape index (κ3) is 2.29. The van der Waals surface area contributed by atoms with Crippen molar-refractivity contribution in [2.45, 2.75) is 12.3 Å². The normalized spacial score (nSPS) is 12.7. The van der Waals surface area contributed by atoms with Crippen molar-refractivity contribution >= 4 is 0 Å². The Morgan fingerprint density at radius 2 is 1.18 bits per heavy atom. The second kappa shape index (κ2) is 5.69. The standard InChI is InChI=1S/C21H18O/c1-2-8-16(9-3-1)22-15-14-21-19-12-6-4-10-17(19)18-11-5-7-13-20(18)21/h1-13,21H,14-15H2. The van der Waals surface area contributed by atoms with E-state index in [-0.39, 0.29) is 0 Å². The molecule has 0 saturated carbocycles. The van der Waals surface area contributed by atoms with Crippen LogP contribution in [0.3, 0.4) is 0 Å². The highest BCUT2D eigenvalue weighted by Gasteiger charge is 2.27. The first-order valence-electron chi connectivity index (χ1n) is 7.79. The van der Waals surface area contributed by atoms with Gasteiger partial charge in [0.05, 0.1) is 6.61 Å². The number of rotatable bonds is 4. The number of benzene rings is 3. The molecule has 0 aliphatic heterocycles. The van der Waals surface area contributed by atoms with Gasteiger partial charge in [0.1, 0.15) is 5.75 Å². The molecule has 0 N–H and O–H groups in total. The van der Waals surface area contributed by atoms with Crippen LogP contribution in [-0.2, 0) is 0 Å². The highest BCUT2D eigenvalue weighted by molar-refractivity contribution is 5.78. The summed E-state index contributed by atoms with van der Waals surface area (Å²) in [5, 5.41) is 0. The Kier molecular flexibility index (Phi) is 3.40. The Balaban J connectivity index is 1.57. The molecule has 1 nitrogen and oxygen atoms in total. The molecular formula is C21H18O. The van der Waals surface area contributed by atoms with Crippen molar-refractivity contribution in [3.63, 3.8) is 0 Å². The summed E-state index contributed by atoms with van der Waals surface area (Å²) in [4.78, 5) is 0. The zero-order chi connectivity index (χ0) is 14.8. The Morgan fingerprint density at radius 3 is 1.82 bits per heavy atom. The fourth-order valence-corrected chi connectivity index (χ4v) is 3.38. The summed E-state index contributed by atoms with van der Waals surface area (Å²) in [6, 6.07) is 27.5. The largest absolute Gasteiger partial charge is 0.494 e. The molecule has 3 aromatic carbocycles. The molecule has 0 fully saturated rings. The summed E-state index contributed by atoms with van der Waals surface area (Å²) >= 11 is 0. The van der Waals surface area contributed by atoms with Crippen LogP contribution in [-0.4, -0.2) is 6.61 Å². The maximum absolute atomic E-state index is 5.90. The Morgan fingerprint density at radius 1 is 0.636 bits per heavy atom. The van der Waals surface area contributed by atoms with Crippen molar-refractivity contribution in [3.05, 3.63) is 90.0 Å². The van der Waals surface area contributed by atoms with Crippen LogP contribution in [0.15, 0.2) is 78.9 Å². The fourth-order valence-electron chi connectivity index (χ4n) is 3.38. The molecule has 0 unspecified atom stereocenters. The number of hydrogen-bond donors (Lipinski definition) is 0. The molecule has 0 aromatic heterocycles. The van der Waals surface area contributed by atoms with Crippen molar-refractivity contribution in [3.8, 4) is 16.9 Å². The monoisotopic (exact) mass is 286 g/mol. The summed E-state index contributed by atoms with van der Waals surface area (Å²) < 4.78 is 5.90. The number of fused-ring (bicyclic) bond motifs is 3. The van der Waals surface area contributed by atoms with Crippen LogP contribution >= 0.6 is 0 Å². The minimum atomic E-state index is 0.441. The van der Waals surface area contributed by atoms with E-state index in [0.29, 0.717) is 5.92 Å². The van der Waals surface area contributed by atoms with Gasteiger partial charge in [-0.05, 0) is 40.8 Å². The Labute approximate surface area is 131 Å². The third-order valence-corrected chi connectivity index (χ3v) is 4.38. The lowest BCUT2D eigenvalue weighted by molar-refractivity contribution is 0.304. The molecule has 0 spiro atoms. The van der Waals surface area contributed by atoms with Gasteiger partial charge in [-0.1, -0.05) is 66.7 Å². The van der Waals surface area contributed by atoms with Gasteiger partial charge in [0.25, 0.3) is 0 Å². The predicted molar refractivity (Wildman–Crippen MR) is 90.3 cm³/mol. The Bertz CT molecular complexity index is 731. The summed E-state index contributed by atoms with van der Waals surface area (Å²) in [7, 11) is 0. The van der Waals surface area contributed by atoms with Gasteiger partial charge in [-0.15, -0.1) is 0 Å². The van der Waals surface area contributed by atoms with E-state index in [9.17, 15) is 0 Å². The average Bonchev–Trinajstić information content (AvgIpc) is 2.91. The maximum atomic E-state index is 5.90. The third-order valence-electron chi connectivity index (χ3n) is 4.38. The van der Waals surface area contributed by atoms with Crippen molar-refractivity contribution in [1.29, 1.82) is 0 Å². The molecule has 3 aromatic rings. The predicted octanol–water partition coefficient (Wildman–Crippen LogP) is 5.27. The quantitative estimate of drug-likeness (QED) is 0.635. The zero-order valence-corrected chi connectivity index (χ0v) is 12.4. The molecule has 0 heterocycles. The minimum absolute atomic E-state index is 0.441. The smallest absolute Gasteiger partial charge is 0.119 e. The molecule has 0 radical (unpaired) electrons. The lowest BCUT2D eigenvalue weighted by Crippen LogP contribution is -2.05. The molecule has 1 aliphatic carbocycles. The van der Waals surface area contributed by atoms with Gasteiger partial charge < -0.3 is 4.74 Å². The van der Waals surface area contributed by atoms with Crippen LogP contribution in [0.5, 0.6) is 5.75 Å². The molecule has 108 valence electrons. The second-order valence-electron chi connectivity index (χ2n) is 5.68. The summed E-state index contributed by atoms with van der Waals surface area (Å²) in [6.45, 7) is 0.733. The van der Waals surface area contributed by atoms with Gasteiger partial charge in [0.15, 0.2) is 0 Å². The number of ether oxygens (including phenoxy) is 1. The molecule has 1 aliphatic rings. The number of hydrogen-bond acceptors (Lipinski definition) is 1. The van der Waals surface area contributed by atoms with Gasteiger partial charge >= 0.3 is 0 Å². The highest BCUT2D eigenvalue weighted by Crippen LogP contribution is 2.45. The van der Waals surface area contributed by atoms with Crippen molar-refractivity contribution in [2.75, 3.05) is 6.61 Å². The van der Waals surface area contributed by atoms with E-state index in [4.69, 9.17) is 4.74 Å². The van der Waals surface area contributed by atoms with Crippen LogP contribution in [0.2, 0.25) is 0 Å².